The Bertz CT molecular complexity index is 241. The minimum absolute atomic E-state index is 0.171. The SMILES string of the molecule is CCC=CCC/C=C\CCCCCCOC(C)=O. The van der Waals surface area contributed by atoms with Crippen LogP contribution in [0.3, 0.4) is 0 Å². The maximum atomic E-state index is 10.5. The Morgan fingerprint density at radius 1 is 0.889 bits per heavy atom. The zero-order chi connectivity index (χ0) is 13.5. The molecule has 0 aromatic rings. The van der Waals surface area contributed by atoms with Crippen molar-refractivity contribution < 1.29 is 9.53 Å². The number of rotatable bonds is 11. The quantitative estimate of drug-likeness (QED) is 0.300. The molecule has 0 heterocycles. The van der Waals surface area contributed by atoms with Gasteiger partial charge in [-0.3, -0.25) is 4.79 Å². The molecular formula is C16H28O2. The lowest BCUT2D eigenvalue weighted by Crippen LogP contribution is -1.99. The van der Waals surface area contributed by atoms with E-state index in [0.717, 1.165) is 32.1 Å². The summed E-state index contributed by atoms with van der Waals surface area (Å²) in [5, 5.41) is 0. The molecule has 18 heavy (non-hydrogen) atoms. The second kappa shape index (κ2) is 14.0. The summed E-state index contributed by atoms with van der Waals surface area (Å²) in [6.07, 6.45) is 18.3. The highest BCUT2D eigenvalue weighted by Crippen LogP contribution is 2.05. The van der Waals surface area contributed by atoms with Crippen LogP contribution in [-0.2, 0) is 9.53 Å². The minimum atomic E-state index is -0.171. The molecule has 0 radical (unpaired) electrons. The molecule has 0 spiro atoms. The summed E-state index contributed by atoms with van der Waals surface area (Å²) >= 11 is 0. The van der Waals surface area contributed by atoms with Gasteiger partial charge in [0.2, 0.25) is 0 Å². The number of carbonyl (C=O) groups excluding carboxylic acids is 1. The van der Waals surface area contributed by atoms with Crippen molar-refractivity contribution in [2.45, 2.75) is 65.2 Å². The molecule has 2 nitrogen and oxygen atoms in total. The summed E-state index contributed by atoms with van der Waals surface area (Å²) in [6.45, 7) is 4.20. The summed E-state index contributed by atoms with van der Waals surface area (Å²) in [4.78, 5) is 10.5. The van der Waals surface area contributed by atoms with E-state index in [2.05, 4.69) is 31.2 Å². The van der Waals surface area contributed by atoms with Gasteiger partial charge in [-0.25, -0.2) is 0 Å². The number of allylic oxidation sites excluding steroid dienone is 4. The topological polar surface area (TPSA) is 26.3 Å². The number of esters is 1. The van der Waals surface area contributed by atoms with Crippen LogP contribution in [0.25, 0.3) is 0 Å². The fourth-order valence-electron chi connectivity index (χ4n) is 1.65. The molecule has 0 amide bonds. The summed E-state index contributed by atoms with van der Waals surface area (Å²) in [6, 6.07) is 0. The van der Waals surface area contributed by atoms with E-state index in [1.165, 1.54) is 26.2 Å². The third kappa shape index (κ3) is 14.9. The number of carbonyl (C=O) groups is 1. The van der Waals surface area contributed by atoms with Crippen LogP contribution in [0.5, 0.6) is 0 Å². The molecule has 0 fully saturated rings. The van der Waals surface area contributed by atoms with Gasteiger partial charge in [-0.15, -0.1) is 0 Å². The van der Waals surface area contributed by atoms with Crippen molar-refractivity contribution in [2.75, 3.05) is 6.61 Å². The van der Waals surface area contributed by atoms with Gasteiger partial charge in [0.25, 0.3) is 0 Å². The first-order chi connectivity index (χ1) is 8.77. The van der Waals surface area contributed by atoms with E-state index < -0.39 is 0 Å². The Hall–Kier alpha value is -1.05. The Kier molecular flexibility index (Phi) is 13.2. The smallest absolute Gasteiger partial charge is 0.302 e. The third-order valence-corrected chi connectivity index (χ3v) is 2.64. The lowest BCUT2D eigenvalue weighted by atomic mass is 10.1. The standard InChI is InChI=1S/C16H28O2/c1-3-4-5-6-7-8-9-10-11-12-13-14-15-18-16(2)17/h4-5,8-9H,3,6-7,10-15H2,1-2H3/b5-4?,9-8-. The molecule has 0 N–H and O–H groups in total. The molecule has 0 rings (SSSR count). The van der Waals surface area contributed by atoms with Crippen molar-refractivity contribution in [3.05, 3.63) is 24.3 Å². The zero-order valence-corrected chi connectivity index (χ0v) is 12.0. The second-order valence-electron chi connectivity index (χ2n) is 4.47. The van der Waals surface area contributed by atoms with E-state index in [9.17, 15) is 4.79 Å². The molecule has 2 heteroatoms. The van der Waals surface area contributed by atoms with Gasteiger partial charge in [0.05, 0.1) is 6.61 Å². The van der Waals surface area contributed by atoms with Crippen molar-refractivity contribution in [3.63, 3.8) is 0 Å². The molecule has 0 saturated heterocycles. The van der Waals surface area contributed by atoms with Gasteiger partial charge in [0, 0.05) is 6.92 Å². The third-order valence-electron chi connectivity index (χ3n) is 2.64. The lowest BCUT2D eigenvalue weighted by Gasteiger charge is -2.00. The predicted octanol–water partition coefficient (Wildman–Crippen LogP) is 4.80. The summed E-state index contributed by atoms with van der Waals surface area (Å²) in [5.74, 6) is -0.171. The molecule has 0 aromatic heterocycles. The molecule has 0 atom stereocenters. The highest BCUT2D eigenvalue weighted by Gasteiger charge is 1.92. The van der Waals surface area contributed by atoms with Crippen LogP contribution in [0.1, 0.15) is 65.2 Å². The molecule has 0 saturated carbocycles. The van der Waals surface area contributed by atoms with E-state index >= 15 is 0 Å². The van der Waals surface area contributed by atoms with Gasteiger partial charge < -0.3 is 4.74 Å². The van der Waals surface area contributed by atoms with Crippen molar-refractivity contribution in [2.24, 2.45) is 0 Å². The minimum Gasteiger partial charge on any atom is -0.466 e. The summed E-state index contributed by atoms with van der Waals surface area (Å²) in [7, 11) is 0. The van der Waals surface area contributed by atoms with Crippen LogP contribution in [0.4, 0.5) is 0 Å². The first-order valence-corrected chi connectivity index (χ1v) is 7.20. The average molecular weight is 252 g/mol. The van der Waals surface area contributed by atoms with E-state index in [4.69, 9.17) is 4.74 Å². The zero-order valence-electron chi connectivity index (χ0n) is 12.0. The highest BCUT2D eigenvalue weighted by molar-refractivity contribution is 5.65. The van der Waals surface area contributed by atoms with E-state index in [0.29, 0.717) is 6.61 Å². The predicted molar refractivity (Wildman–Crippen MR) is 77.5 cm³/mol. The maximum absolute atomic E-state index is 10.5. The largest absolute Gasteiger partial charge is 0.466 e. The molecule has 0 aliphatic carbocycles. The van der Waals surface area contributed by atoms with Crippen LogP contribution in [-0.4, -0.2) is 12.6 Å². The van der Waals surface area contributed by atoms with Crippen molar-refractivity contribution in [1.29, 1.82) is 0 Å². The fourth-order valence-corrected chi connectivity index (χ4v) is 1.65. The van der Waals surface area contributed by atoms with E-state index in [-0.39, 0.29) is 5.97 Å². The summed E-state index contributed by atoms with van der Waals surface area (Å²) < 4.78 is 4.87. The Balaban J connectivity index is 3.12. The van der Waals surface area contributed by atoms with Gasteiger partial charge in [0.1, 0.15) is 0 Å². The number of unbranched alkanes of at least 4 members (excludes halogenated alkanes) is 5. The van der Waals surface area contributed by atoms with Crippen LogP contribution >= 0.6 is 0 Å². The van der Waals surface area contributed by atoms with Gasteiger partial charge in [-0.2, -0.15) is 0 Å². The van der Waals surface area contributed by atoms with Crippen molar-refractivity contribution in [1.82, 2.24) is 0 Å². The number of ether oxygens (including phenoxy) is 1. The van der Waals surface area contributed by atoms with Gasteiger partial charge in [0.15, 0.2) is 0 Å². The van der Waals surface area contributed by atoms with Crippen LogP contribution in [0.2, 0.25) is 0 Å². The van der Waals surface area contributed by atoms with E-state index in [1.807, 2.05) is 0 Å². The van der Waals surface area contributed by atoms with Crippen LogP contribution < -0.4 is 0 Å². The van der Waals surface area contributed by atoms with Gasteiger partial charge in [-0.1, -0.05) is 44.1 Å². The maximum Gasteiger partial charge on any atom is 0.302 e. The van der Waals surface area contributed by atoms with Crippen molar-refractivity contribution >= 4 is 5.97 Å². The van der Waals surface area contributed by atoms with Gasteiger partial charge in [-0.05, 0) is 38.5 Å². The normalized spacial score (nSPS) is 11.4. The van der Waals surface area contributed by atoms with Crippen LogP contribution in [0, 0.1) is 0 Å². The first kappa shape index (κ1) is 16.9. The lowest BCUT2D eigenvalue weighted by molar-refractivity contribution is -0.141. The average Bonchev–Trinajstić information content (AvgIpc) is 2.34. The van der Waals surface area contributed by atoms with Gasteiger partial charge >= 0.3 is 5.97 Å². The number of hydrogen-bond acceptors (Lipinski definition) is 2. The molecule has 0 aromatic carbocycles. The molecule has 104 valence electrons. The van der Waals surface area contributed by atoms with Crippen LogP contribution in [0.15, 0.2) is 24.3 Å². The Morgan fingerprint density at radius 2 is 1.50 bits per heavy atom. The first-order valence-electron chi connectivity index (χ1n) is 7.20. The fraction of sp³-hybridized carbons (Fsp3) is 0.688. The molecule has 0 aliphatic rings. The van der Waals surface area contributed by atoms with Crippen molar-refractivity contribution in [3.8, 4) is 0 Å². The molecule has 0 bridgehead atoms. The number of hydrogen-bond donors (Lipinski definition) is 0. The highest BCUT2D eigenvalue weighted by atomic mass is 16.5. The summed E-state index contributed by atoms with van der Waals surface area (Å²) in [5.41, 5.74) is 0. The Labute approximate surface area is 112 Å². The molecular weight excluding hydrogens is 224 g/mol. The van der Waals surface area contributed by atoms with E-state index in [1.54, 1.807) is 0 Å². The monoisotopic (exact) mass is 252 g/mol. The second-order valence-corrected chi connectivity index (χ2v) is 4.47. The molecule has 0 unspecified atom stereocenters. The molecule has 0 aliphatic heterocycles. The Morgan fingerprint density at radius 3 is 2.17 bits per heavy atom.